The standard InChI is InChI=1S/C23H24N4O/c1-16-9-8-10-20(17(16)2)21-13-12-19(15-23(21)28-5)27(24-4)26-18(3)22-11-6-7-14-25-22/h6-15H,4H2,1-3,5H3/b26-18+. The normalized spacial score (nSPS) is 11.2. The predicted octanol–water partition coefficient (Wildman–Crippen LogP) is 5.22. The lowest BCUT2D eigenvalue weighted by Crippen LogP contribution is -2.12. The number of aryl methyl sites for hydroxylation is 1. The zero-order valence-corrected chi connectivity index (χ0v) is 16.7. The predicted molar refractivity (Wildman–Crippen MR) is 116 cm³/mol. The Kier molecular flexibility index (Phi) is 5.84. The number of benzene rings is 2. The van der Waals surface area contributed by atoms with Crippen LogP contribution in [0.15, 0.2) is 71.0 Å². The first-order valence-corrected chi connectivity index (χ1v) is 9.03. The number of anilines is 1. The van der Waals surface area contributed by atoms with Gasteiger partial charge in [-0.3, -0.25) is 4.98 Å². The summed E-state index contributed by atoms with van der Waals surface area (Å²) in [6, 6.07) is 17.9. The SMILES string of the molecule is C=NN(/N=C(\C)c1ccccn1)c1ccc(-c2cccc(C)c2C)c(OC)c1. The van der Waals surface area contributed by atoms with Crippen molar-refractivity contribution in [2.45, 2.75) is 20.8 Å². The van der Waals surface area contributed by atoms with E-state index in [1.165, 1.54) is 16.2 Å². The Hall–Kier alpha value is -3.47. The zero-order valence-electron chi connectivity index (χ0n) is 16.7. The Balaban J connectivity index is 2.01. The van der Waals surface area contributed by atoms with Crippen LogP contribution >= 0.6 is 0 Å². The summed E-state index contributed by atoms with van der Waals surface area (Å²) in [5.74, 6) is 0.755. The van der Waals surface area contributed by atoms with Crippen molar-refractivity contribution in [1.29, 1.82) is 0 Å². The van der Waals surface area contributed by atoms with Gasteiger partial charge in [0, 0.05) is 24.5 Å². The number of methoxy groups -OCH3 is 1. The molecule has 0 saturated heterocycles. The number of hydrazone groups is 2. The second-order valence-corrected chi connectivity index (χ2v) is 6.46. The first kappa shape index (κ1) is 19.3. The summed E-state index contributed by atoms with van der Waals surface area (Å²) < 4.78 is 5.67. The fourth-order valence-electron chi connectivity index (χ4n) is 3.01. The van der Waals surface area contributed by atoms with E-state index in [1.54, 1.807) is 13.3 Å². The Morgan fingerprint density at radius 2 is 1.86 bits per heavy atom. The van der Waals surface area contributed by atoms with Crippen molar-refractivity contribution in [3.8, 4) is 16.9 Å². The van der Waals surface area contributed by atoms with E-state index in [-0.39, 0.29) is 0 Å². The van der Waals surface area contributed by atoms with E-state index in [4.69, 9.17) is 4.74 Å². The van der Waals surface area contributed by atoms with Crippen LogP contribution in [0.1, 0.15) is 23.7 Å². The van der Waals surface area contributed by atoms with Gasteiger partial charge in [-0.05, 0) is 61.7 Å². The molecule has 0 saturated carbocycles. The van der Waals surface area contributed by atoms with Crippen LogP contribution in [0.25, 0.3) is 11.1 Å². The first-order chi connectivity index (χ1) is 13.5. The smallest absolute Gasteiger partial charge is 0.128 e. The summed E-state index contributed by atoms with van der Waals surface area (Å²) in [5, 5.41) is 10.1. The quantitative estimate of drug-likeness (QED) is 0.440. The van der Waals surface area contributed by atoms with Crippen LogP contribution in [0.4, 0.5) is 5.69 Å². The molecule has 0 bridgehead atoms. The lowest BCUT2D eigenvalue weighted by Gasteiger charge is -2.18. The topological polar surface area (TPSA) is 50.1 Å². The number of hydrogen-bond donors (Lipinski definition) is 0. The third-order valence-corrected chi connectivity index (χ3v) is 4.73. The van der Waals surface area contributed by atoms with Crippen molar-refractivity contribution in [3.63, 3.8) is 0 Å². The van der Waals surface area contributed by atoms with Crippen LogP contribution in [-0.4, -0.2) is 24.5 Å². The molecule has 0 N–H and O–H groups in total. The minimum atomic E-state index is 0.741. The molecular formula is C23H24N4O. The molecule has 0 aliphatic heterocycles. The highest BCUT2D eigenvalue weighted by Crippen LogP contribution is 2.36. The van der Waals surface area contributed by atoms with Crippen LogP contribution in [0, 0.1) is 13.8 Å². The lowest BCUT2D eigenvalue weighted by molar-refractivity contribution is 0.416. The largest absolute Gasteiger partial charge is 0.496 e. The van der Waals surface area contributed by atoms with Crippen LogP contribution in [-0.2, 0) is 0 Å². The molecule has 0 spiro atoms. The van der Waals surface area contributed by atoms with E-state index >= 15 is 0 Å². The second kappa shape index (κ2) is 8.48. The van der Waals surface area contributed by atoms with E-state index in [0.29, 0.717) is 0 Å². The van der Waals surface area contributed by atoms with Crippen LogP contribution < -0.4 is 9.85 Å². The summed E-state index contributed by atoms with van der Waals surface area (Å²) in [5.41, 5.74) is 6.94. The van der Waals surface area contributed by atoms with E-state index in [2.05, 4.69) is 54.0 Å². The number of hydrogen-bond acceptors (Lipinski definition) is 5. The van der Waals surface area contributed by atoms with Crippen molar-refractivity contribution in [2.75, 3.05) is 12.2 Å². The highest BCUT2D eigenvalue weighted by molar-refractivity contribution is 5.97. The van der Waals surface area contributed by atoms with E-state index in [0.717, 1.165) is 34.0 Å². The molecule has 0 atom stereocenters. The summed E-state index contributed by atoms with van der Waals surface area (Å²) in [4.78, 5) is 4.32. The van der Waals surface area contributed by atoms with Gasteiger partial charge in [-0.15, -0.1) is 0 Å². The Labute approximate surface area is 166 Å². The minimum Gasteiger partial charge on any atom is -0.496 e. The molecule has 28 heavy (non-hydrogen) atoms. The van der Waals surface area contributed by atoms with Gasteiger partial charge in [-0.2, -0.15) is 15.3 Å². The van der Waals surface area contributed by atoms with Crippen LogP contribution in [0.3, 0.4) is 0 Å². The molecule has 3 rings (SSSR count). The Morgan fingerprint density at radius 3 is 2.54 bits per heavy atom. The number of ether oxygens (including phenoxy) is 1. The Morgan fingerprint density at radius 1 is 1.04 bits per heavy atom. The third kappa shape index (κ3) is 3.93. The monoisotopic (exact) mass is 372 g/mol. The Bertz CT molecular complexity index is 1010. The molecule has 2 aromatic carbocycles. The average molecular weight is 372 g/mol. The van der Waals surface area contributed by atoms with Crippen LogP contribution in [0.2, 0.25) is 0 Å². The fourth-order valence-corrected chi connectivity index (χ4v) is 3.01. The summed E-state index contributed by atoms with van der Waals surface area (Å²) in [6.45, 7) is 9.78. The van der Waals surface area contributed by atoms with Gasteiger partial charge in [-0.1, -0.05) is 24.3 Å². The van der Waals surface area contributed by atoms with Crippen molar-refractivity contribution in [2.24, 2.45) is 10.2 Å². The molecule has 1 heterocycles. The van der Waals surface area contributed by atoms with Crippen molar-refractivity contribution < 1.29 is 4.74 Å². The zero-order chi connectivity index (χ0) is 20.1. The first-order valence-electron chi connectivity index (χ1n) is 9.03. The molecule has 0 amide bonds. The number of nitrogens with zero attached hydrogens (tertiary/aromatic N) is 4. The highest BCUT2D eigenvalue weighted by atomic mass is 16.5. The van der Waals surface area contributed by atoms with Crippen molar-refractivity contribution >= 4 is 18.1 Å². The van der Waals surface area contributed by atoms with Gasteiger partial charge in [0.1, 0.15) is 5.75 Å². The summed E-state index contributed by atoms with van der Waals surface area (Å²) in [6.07, 6.45) is 1.74. The van der Waals surface area contributed by atoms with E-state index in [9.17, 15) is 0 Å². The van der Waals surface area contributed by atoms with Crippen molar-refractivity contribution in [3.05, 3.63) is 77.6 Å². The molecule has 0 fully saturated rings. The molecular weight excluding hydrogens is 348 g/mol. The summed E-state index contributed by atoms with van der Waals surface area (Å²) in [7, 11) is 1.67. The molecule has 142 valence electrons. The molecule has 0 unspecified atom stereocenters. The van der Waals surface area contributed by atoms with Gasteiger partial charge < -0.3 is 4.74 Å². The summed E-state index contributed by atoms with van der Waals surface area (Å²) >= 11 is 0. The van der Waals surface area contributed by atoms with Gasteiger partial charge in [0.2, 0.25) is 0 Å². The van der Waals surface area contributed by atoms with Gasteiger partial charge in [0.15, 0.2) is 0 Å². The molecule has 1 aromatic heterocycles. The maximum absolute atomic E-state index is 5.67. The average Bonchev–Trinajstić information content (AvgIpc) is 2.74. The fraction of sp³-hybridized carbons (Fsp3) is 0.174. The molecule has 5 nitrogen and oxygen atoms in total. The molecule has 5 heteroatoms. The van der Waals surface area contributed by atoms with E-state index < -0.39 is 0 Å². The lowest BCUT2D eigenvalue weighted by atomic mass is 9.96. The number of aromatic nitrogens is 1. The van der Waals surface area contributed by atoms with Gasteiger partial charge in [-0.25, -0.2) is 0 Å². The van der Waals surface area contributed by atoms with Gasteiger partial charge >= 0.3 is 0 Å². The maximum Gasteiger partial charge on any atom is 0.128 e. The van der Waals surface area contributed by atoms with Gasteiger partial charge in [0.05, 0.1) is 24.2 Å². The highest BCUT2D eigenvalue weighted by Gasteiger charge is 2.13. The number of rotatable bonds is 6. The maximum atomic E-state index is 5.67. The second-order valence-electron chi connectivity index (χ2n) is 6.46. The van der Waals surface area contributed by atoms with Crippen LogP contribution in [0.5, 0.6) is 5.75 Å². The van der Waals surface area contributed by atoms with Crippen molar-refractivity contribution in [1.82, 2.24) is 4.98 Å². The molecule has 0 aliphatic rings. The van der Waals surface area contributed by atoms with E-state index in [1.807, 2.05) is 43.3 Å². The molecule has 3 aromatic rings. The number of pyridine rings is 1. The van der Waals surface area contributed by atoms with Gasteiger partial charge in [0.25, 0.3) is 0 Å². The molecule has 0 radical (unpaired) electrons. The molecule has 0 aliphatic carbocycles. The third-order valence-electron chi connectivity index (χ3n) is 4.73. The minimum absolute atomic E-state index is 0.741.